The standard InChI is InChI=1S/C7H9BBrNO3/c1-2-13-6-4-10-3-5(9)7(6)8(11)12/h3-4,11-12H,2H2,1H3. The minimum absolute atomic E-state index is 0.303. The van der Waals surface area contributed by atoms with E-state index in [1.807, 2.05) is 6.92 Å². The van der Waals surface area contributed by atoms with Gasteiger partial charge in [-0.15, -0.1) is 0 Å². The summed E-state index contributed by atoms with van der Waals surface area (Å²) in [6, 6.07) is 0. The quantitative estimate of drug-likeness (QED) is 0.732. The molecule has 0 aromatic carbocycles. The molecular formula is C7H9BBrNO3. The third-order valence-corrected chi connectivity index (χ3v) is 2.09. The van der Waals surface area contributed by atoms with E-state index in [2.05, 4.69) is 20.9 Å². The maximum Gasteiger partial charge on any atom is 0.493 e. The summed E-state index contributed by atoms with van der Waals surface area (Å²) in [6.45, 7) is 2.27. The van der Waals surface area contributed by atoms with Crippen molar-refractivity contribution in [2.75, 3.05) is 6.61 Å². The Morgan fingerprint density at radius 2 is 2.23 bits per heavy atom. The number of ether oxygens (including phenoxy) is 1. The number of rotatable bonds is 3. The lowest BCUT2D eigenvalue weighted by Crippen LogP contribution is -2.32. The Balaban J connectivity index is 3.10. The molecule has 0 radical (unpaired) electrons. The molecule has 0 atom stereocenters. The predicted octanol–water partition coefficient (Wildman–Crippen LogP) is -0.0774. The van der Waals surface area contributed by atoms with Gasteiger partial charge in [-0.3, -0.25) is 4.98 Å². The maximum atomic E-state index is 9.03. The minimum Gasteiger partial charge on any atom is -0.493 e. The highest BCUT2D eigenvalue weighted by molar-refractivity contribution is 9.10. The van der Waals surface area contributed by atoms with Gasteiger partial charge in [0.05, 0.1) is 12.8 Å². The first-order valence-corrected chi connectivity index (χ1v) is 4.58. The molecule has 0 aliphatic rings. The molecule has 13 heavy (non-hydrogen) atoms. The van der Waals surface area contributed by atoms with Crippen molar-refractivity contribution >= 4 is 28.5 Å². The average Bonchev–Trinajstić information content (AvgIpc) is 2.04. The van der Waals surface area contributed by atoms with E-state index in [4.69, 9.17) is 14.8 Å². The van der Waals surface area contributed by atoms with Gasteiger partial charge < -0.3 is 14.8 Å². The first kappa shape index (κ1) is 10.5. The Morgan fingerprint density at radius 3 is 2.77 bits per heavy atom. The molecule has 1 rings (SSSR count). The predicted molar refractivity (Wildman–Crippen MR) is 52.9 cm³/mol. The maximum absolute atomic E-state index is 9.03. The first-order chi connectivity index (χ1) is 6.16. The molecule has 0 saturated heterocycles. The van der Waals surface area contributed by atoms with E-state index in [1.54, 1.807) is 0 Å². The zero-order valence-electron chi connectivity index (χ0n) is 7.07. The lowest BCUT2D eigenvalue weighted by molar-refractivity contribution is 0.338. The fourth-order valence-electron chi connectivity index (χ4n) is 0.948. The molecule has 6 heteroatoms. The highest BCUT2D eigenvalue weighted by Gasteiger charge is 2.20. The average molecular weight is 246 g/mol. The summed E-state index contributed by atoms with van der Waals surface area (Å²) in [5.41, 5.74) is 0.303. The van der Waals surface area contributed by atoms with Crippen molar-refractivity contribution in [1.29, 1.82) is 0 Å². The summed E-state index contributed by atoms with van der Waals surface area (Å²) in [6.07, 6.45) is 2.93. The third kappa shape index (κ3) is 2.43. The van der Waals surface area contributed by atoms with Gasteiger partial charge in [0.25, 0.3) is 0 Å². The monoisotopic (exact) mass is 245 g/mol. The molecule has 1 aromatic heterocycles. The second-order valence-electron chi connectivity index (χ2n) is 2.34. The van der Waals surface area contributed by atoms with E-state index in [0.29, 0.717) is 22.3 Å². The lowest BCUT2D eigenvalue weighted by atomic mass is 9.80. The van der Waals surface area contributed by atoms with Crippen LogP contribution in [0.5, 0.6) is 5.75 Å². The second kappa shape index (κ2) is 4.60. The van der Waals surface area contributed by atoms with Crippen molar-refractivity contribution in [1.82, 2.24) is 4.98 Å². The van der Waals surface area contributed by atoms with Gasteiger partial charge in [-0.25, -0.2) is 0 Å². The zero-order chi connectivity index (χ0) is 9.84. The van der Waals surface area contributed by atoms with Crippen LogP contribution in [0.25, 0.3) is 0 Å². The fraction of sp³-hybridized carbons (Fsp3) is 0.286. The van der Waals surface area contributed by atoms with Crippen molar-refractivity contribution in [2.24, 2.45) is 0 Å². The minimum atomic E-state index is -1.56. The van der Waals surface area contributed by atoms with Gasteiger partial charge in [0, 0.05) is 16.1 Å². The van der Waals surface area contributed by atoms with Crippen LogP contribution in [0.4, 0.5) is 0 Å². The molecule has 2 N–H and O–H groups in total. The van der Waals surface area contributed by atoms with Gasteiger partial charge in [-0.05, 0) is 22.9 Å². The van der Waals surface area contributed by atoms with Crippen molar-refractivity contribution in [3.05, 3.63) is 16.9 Å². The van der Waals surface area contributed by atoms with Crippen LogP contribution in [0, 0.1) is 0 Å². The number of nitrogens with zero attached hydrogens (tertiary/aromatic N) is 1. The summed E-state index contributed by atoms with van der Waals surface area (Å²) in [5, 5.41) is 18.1. The van der Waals surface area contributed by atoms with Crippen molar-refractivity contribution in [3.63, 3.8) is 0 Å². The number of hydrogen-bond donors (Lipinski definition) is 2. The highest BCUT2D eigenvalue weighted by atomic mass is 79.9. The Labute approximate surface area is 84.8 Å². The van der Waals surface area contributed by atoms with E-state index in [1.165, 1.54) is 12.4 Å². The topological polar surface area (TPSA) is 62.6 Å². The Bertz CT molecular complexity index is 295. The molecule has 0 aliphatic heterocycles. The van der Waals surface area contributed by atoms with Crippen LogP contribution in [0.2, 0.25) is 0 Å². The molecule has 1 heterocycles. The Kier molecular flexibility index (Phi) is 3.71. The van der Waals surface area contributed by atoms with Crippen LogP contribution in [0.3, 0.4) is 0 Å². The van der Waals surface area contributed by atoms with Crippen molar-refractivity contribution in [3.8, 4) is 5.75 Å². The van der Waals surface area contributed by atoms with E-state index < -0.39 is 7.12 Å². The number of halogens is 1. The molecule has 0 unspecified atom stereocenters. The summed E-state index contributed by atoms with van der Waals surface area (Å²) in [4.78, 5) is 3.85. The van der Waals surface area contributed by atoms with Gasteiger partial charge in [-0.1, -0.05) is 0 Å². The Morgan fingerprint density at radius 1 is 1.54 bits per heavy atom. The summed E-state index contributed by atoms with van der Waals surface area (Å²) >= 11 is 3.16. The van der Waals surface area contributed by atoms with Gasteiger partial charge in [-0.2, -0.15) is 0 Å². The second-order valence-corrected chi connectivity index (χ2v) is 3.19. The number of hydrogen-bond acceptors (Lipinski definition) is 4. The molecule has 0 bridgehead atoms. The van der Waals surface area contributed by atoms with Crippen LogP contribution in [-0.2, 0) is 0 Å². The van der Waals surface area contributed by atoms with Crippen LogP contribution in [-0.4, -0.2) is 28.8 Å². The van der Waals surface area contributed by atoms with E-state index in [0.717, 1.165) is 0 Å². The Hall–Kier alpha value is -0.585. The molecule has 1 aromatic rings. The molecule has 0 aliphatic carbocycles. The van der Waals surface area contributed by atoms with E-state index in [-0.39, 0.29) is 0 Å². The summed E-state index contributed by atoms with van der Waals surface area (Å²) in [5.74, 6) is 0.381. The largest absolute Gasteiger partial charge is 0.493 e. The molecule has 0 saturated carbocycles. The van der Waals surface area contributed by atoms with Crippen molar-refractivity contribution in [2.45, 2.75) is 6.92 Å². The number of pyridine rings is 1. The molecule has 0 spiro atoms. The molecule has 70 valence electrons. The van der Waals surface area contributed by atoms with Gasteiger partial charge >= 0.3 is 7.12 Å². The lowest BCUT2D eigenvalue weighted by Gasteiger charge is -2.09. The van der Waals surface area contributed by atoms with Gasteiger partial charge in [0.1, 0.15) is 5.75 Å². The van der Waals surface area contributed by atoms with E-state index >= 15 is 0 Å². The SMILES string of the molecule is CCOc1cncc(Br)c1B(O)O. The summed E-state index contributed by atoms with van der Waals surface area (Å²) < 4.78 is 5.69. The van der Waals surface area contributed by atoms with E-state index in [9.17, 15) is 0 Å². The zero-order valence-corrected chi connectivity index (χ0v) is 8.65. The van der Waals surface area contributed by atoms with Crippen LogP contribution in [0.1, 0.15) is 6.92 Å². The first-order valence-electron chi connectivity index (χ1n) is 3.79. The summed E-state index contributed by atoms with van der Waals surface area (Å²) in [7, 11) is -1.56. The molecule has 4 nitrogen and oxygen atoms in total. The third-order valence-electron chi connectivity index (χ3n) is 1.46. The smallest absolute Gasteiger partial charge is 0.493 e. The van der Waals surface area contributed by atoms with Crippen LogP contribution < -0.4 is 10.2 Å². The van der Waals surface area contributed by atoms with Gasteiger partial charge in [0.2, 0.25) is 0 Å². The normalized spacial score (nSPS) is 9.85. The molecule has 0 amide bonds. The fourth-order valence-corrected chi connectivity index (χ4v) is 1.47. The molecular weight excluding hydrogens is 237 g/mol. The van der Waals surface area contributed by atoms with Gasteiger partial charge in [0.15, 0.2) is 0 Å². The molecule has 0 fully saturated rings. The highest BCUT2D eigenvalue weighted by Crippen LogP contribution is 2.13. The van der Waals surface area contributed by atoms with Crippen molar-refractivity contribution < 1.29 is 14.8 Å². The van der Waals surface area contributed by atoms with Crippen LogP contribution >= 0.6 is 15.9 Å². The van der Waals surface area contributed by atoms with Crippen LogP contribution in [0.15, 0.2) is 16.9 Å². The number of aromatic nitrogens is 1.